The Labute approximate surface area is 68.2 Å². The molecule has 0 saturated heterocycles. The van der Waals surface area contributed by atoms with Gasteiger partial charge in [0, 0.05) is 5.38 Å². The van der Waals surface area contributed by atoms with Crippen LogP contribution in [-0.2, 0) is 0 Å². The van der Waals surface area contributed by atoms with Gasteiger partial charge in [0.1, 0.15) is 0 Å². The second-order valence-corrected chi connectivity index (χ2v) is 3.05. The monoisotopic (exact) mass is 168 g/mol. The SMILES string of the molecule is NC1=NCC(c2cscn2)N1. The van der Waals surface area contributed by atoms with Gasteiger partial charge >= 0.3 is 0 Å². The predicted molar refractivity (Wildman–Crippen MR) is 44.5 cm³/mol. The summed E-state index contributed by atoms with van der Waals surface area (Å²) in [5.74, 6) is 0.517. The van der Waals surface area contributed by atoms with E-state index < -0.39 is 0 Å². The van der Waals surface area contributed by atoms with Crippen molar-refractivity contribution in [1.82, 2.24) is 10.3 Å². The Bertz CT molecular complexity index is 266. The predicted octanol–water partition coefficient (Wildman–Crippen LogP) is 0.102. The molecule has 58 valence electrons. The van der Waals surface area contributed by atoms with Crippen LogP contribution in [0.3, 0.4) is 0 Å². The molecule has 1 aliphatic rings. The molecule has 3 N–H and O–H groups in total. The van der Waals surface area contributed by atoms with Crippen molar-refractivity contribution in [2.24, 2.45) is 10.7 Å². The second-order valence-electron chi connectivity index (χ2n) is 2.34. The molecular weight excluding hydrogens is 160 g/mol. The lowest BCUT2D eigenvalue weighted by Crippen LogP contribution is -2.29. The van der Waals surface area contributed by atoms with E-state index in [9.17, 15) is 0 Å². The van der Waals surface area contributed by atoms with Crippen molar-refractivity contribution < 1.29 is 0 Å². The summed E-state index contributed by atoms with van der Waals surface area (Å²) in [7, 11) is 0. The molecule has 0 spiro atoms. The van der Waals surface area contributed by atoms with E-state index in [1.54, 1.807) is 11.3 Å². The third kappa shape index (κ3) is 1.19. The van der Waals surface area contributed by atoms with Crippen LogP contribution in [0.5, 0.6) is 0 Å². The third-order valence-corrected chi connectivity index (χ3v) is 2.18. The van der Waals surface area contributed by atoms with Crippen LogP contribution >= 0.6 is 11.3 Å². The highest BCUT2D eigenvalue weighted by Crippen LogP contribution is 2.15. The van der Waals surface area contributed by atoms with Crippen molar-refractivity contribution in [3.05, 3.63) is 16.6 Å². The number of thiazole rings is 1. The summed E-state index contributed by atoms with van der Waals surface area (Å²) in [6.07, 6.45) is 0. The van der Waals surface area contributed by atoms with Crippen LogP contribution in [0, 0.1) is 0 Å². The first kappa shape index (κ1) is 6.60. The van der Waals surface area contributed by atoms with E-state index in [0.717, 1.165) is 5.69 Å². The maximum atomic E-state index is 5.45. The molecule has 0 aliphatic carbocycles. The molecule has 1 unspecified atom stereocenters. The molecule has 1 aromatic heterocycles. The normalized spacial score (nSPS) is 22.9. The first-order valence-corrected chi connectivity index (χ1v) is 4.25. The zero-order valence-electron chi connectivity index (χ0n) is 5.82. The first-order chi connectivity index (χ1) is 5.36. The Kier molecular flexibility index (Phi) is 1.50. The molecular formula is C6H8N4S. The van der Waals surface area contributed by atoms with Gasteiger partial charge in [-0.2, -0.15) is 0 Å². The van der Waals surface area contributed by atoms with Crippen molar-refractivity contribution in [1.29, 1.82) is 0 Å². The summed E-state index contributed by atoms with van der Waals surface area (Å²) in [6, 6.07) is 0.196. The smallest absolute Gasteiger partial charge is 0.189 e. The van der Waals surface area contributed by atoms with Crippen LogP contribution < -0.4 is 11.1 Å². The minimum absolute atomic E-state index is 0.196. The minimum Gasteiger partial charge on any atom is -0.370 e. The van der Waals surface area contributed by atoms with Crippen molar-refractivity contribution in [3.63, 3.8) is 0 Å². The largest absolute Gasteiger partial charge is 0.370 e. The second kappa shape index (κ2) is 2.50. The number of hydrogen-bond acceptors (Lipinski definition) is 5. The highest BCUT2D eigenvalue weighted by Gasteiger charge is 2.18. The summed E-state index contributed by atoms with van der Waals surface area (Å²) in [5, 5.41) is 5.03. The zero-order valence-corrected chi connectivity index (χ0v) is 6.64. The Hall–Kier alpha value is -1.10. The number of nitrogens with two attached hydrogens (primary N) is 1. The highest BCUT2D eigenvalue weighted by molar-refractivity contribution is 7.07. The third-order valence-electron chi connectivity index (χ3n) is 1.57. The van der Waals surface area contributed by atoms with Crippen LogP contribution in [-0.4, -0.2) is 17.5 Å². The van der Waals surface area contributed by atoms with Gasteiger partial charge in [0.15, 0.2) is 5.96 Å². The van der Waals surface area contributed by atoms with Crippen LogP contribution in [0.25, 0.3) is 0 Å². The van der Waals surface area contributed by atoms with Gasteiger partial charge in [0.05, 0.1) is 23.8 Å². The van der Waals surface area contributed by atoms with E-state index in [1.165, 1.54) is 0 Å². The van der Waals surface area contributed by atoms with Crippen molar-refractivity contribution >= 4 is 17.3 Å². The number of guanidine groups is 1. The fourth-order valence-electron chi connectivity index (χ4n) is 1.02. The van der Waals surface area contributed by atoms with Crippen LogP contribution in [0.15, 0.2) is 15.9 Å². The molecule has 0 amide bonds. The van der Waals surface area contributed by atoms with Gasteiger partial charge in [-0.1, -0.05) is 0 Å². The van der Waals surface area contributed by atoms with Gasteiger partial charge in [-0.3, -0.25) is 4.99 Å². The highest BCUT2D eigenvalue weighted by atomic mass is 32.1. The Morgan fingerprint density at radius 1 is 1.73 bits per heavy atom. The van der Waals surface area contributed by atoms with Gasteiger partial charge in [-0.05, 0) is 0 Å². The van der Waals surface area contributed by atoms with E-state index in [-0.39, 0.29) is 6.04 Å². The summed E-state index contributed by atoms with van der Waals surface area (Å²) in [6.45, 7) is 0.704. The molecule has 0 aromatic carbocycles. The van der Waals surface area contributed by atoms with E-state index in [2.05, 4.69) is 15.3 Å². The summed E-state index contributed by atoms with van der Waals surface area (Å²) >= 11 is 1.58. The van der Waals surface area contributed by atoms with Gasteiger partial charge in [0.2, 0.25) is 0 Å². The fraction of sp³-hybridized carbons (Fsp3) is 0.333. The minimum atomic E-state index is 0.196. The van der Waals surface area contributed by atoms with E-state index in [4.69, 9.17) is 5.73 Å². The van der Waals surface area contributed by atoms with Gasteiger partial charge < -0.3 is 11.1 Å². The van der Waals surface area contributed by atoms with Crippen molar-refractivity contribution in [2.75, 3.05) is 6.54 Å². The number of rotatable bonds is 1. The number of nitrogens with one attached hydrogen (secondary N) is 1. The van der Waals surface area contributed by atoms with Crippen LogP contribution in [0.4, 0.5) is 0 Å². The van der Waals surface area contributed by atoms with E-state index >= 15 is 0 Å². The molecule has 0 bridgehead atoms. The Balaban J connectivity index is 2.11. The van der Waals surface area contributed by atoms with E-state index in [1.807, 2.05) is 10.9 Å². The summed E-state index contributed by atoms with van der Waals surface area (Å²) in [4.78, 5) is 8.18. The van der Waals surface area contributed by atoms with E-state index in [0.29, 0.717) is 12.5 Å². The molecule has 5 heteroatoms. The first-order valence-electron chi connectivity index (χ1n) is 3.31. The molecule has 11 heavy (non-hydrogen) atoms. The quantitative estimate of drug-likeness (QED) is 0.625. The molecule has 2 heterocycles. The molecule has 0 radical (unpaired) electrons. The molecule has 0 saturated carbocycles. The van der Waals surface area contributed by atoms with Gasteiger partial charge in [-0.15, -0.1) is 11.3 Å². The number of aliphatic imine (C=N–C) groups is 1. The average Bonchev–Trinajstić information content (AvgIpc) is 2.55. The van der Waals surface area contributed by atoms with Crippen LogP contribution in [0.1, 0.15) is 11.7 Å². The topological polar surface area (TPSA) is 63.3 Å². The summed E-state index contributed by atoms with van der Waals surface area (Å²) < 4.78 is 0. The zero-order chi connectivity index (χ0) is 7.68. The standard InChI is InChI=1S/C6H8N4S/c7-6-8-1-4(10-6)5-2-11-3-9-5/h2-4H,1H2,(H3,7,8,10). The average molecular weight is 168 g/mol. The maximum absolute atomic E-state index is 5.45. The fourth-order valence-corrected chi connectivity index (χ4v) is 1.63. The Morgan fingerprint density at radius 3 is 3.18 bits per heavy atom. The number of hydrogen-bond donors (Lipinski definition) is 2. The lowest BCUT2D eigenvalue weighted by molar-refractivity contribution is 0.688. The molecule has 4 nitrogen and oxygen atoms in total. The van der Waals surface area contributed by atoms with Crippen molar-refractivity contribution in [3.8, 4) is 0 Å². The number of nitrogens with zero attached hydrogens (tertiary/aromatic N) is 2. The molecule has 2 rings (SSSR count). The Morgan fingerprint density at radius 2 is 2.64 bits per heavy atom. The van der Waals surface area contributed by atoms with Crippen molar-refractivity contribution in [2.45, 2.75) is 6.04 Å². The van der Waals surface area contributed by atoms with Gasteiger partial charge in [-0.25, -0.2) is 4.98 Å². The molecule has 1 aromatic rings. The van der Waals surface area contributed by atoms with Crippen LogP contribution in [0.2, 0.25) is 0 Å². The molecule has 0 fully saturated rings. The maximum Gasteiger partial charge on any atom is 0.189 e. The summed E-state index contributed by atoms with van der Waals surface area (Å²) in [5.41, 5.74) is 8.28. The lowest BCUT2D eigenvalue weighted by Gasteiger charge is -2.05. The van der Waals surface area contributed by atoms with Gasteiger partial charge in [0.25, 0.3) is 0 Å². The molecule has 1 aliphatic heterocycles. The molecule has 1 atom stereocenters. The lowest BCUT2D eigenvalue weighted by atomic mass is 10.2. The number of aromatic nitrogens is 1.